The SMILES string of the molecule is C[C@H](Oc1cccc(C=O)c1)C(=O)Nc1ccc(Oc2ccccc2)cc1. The van der Waals surface area contributed by atoms with Crippen LogP contribution in [0.1, 0.15) is 17.3 Å². The summed E-state index contributed by atoms with van der Waals surface area (Å²) in [5.74, 6) is 1.60. The lowest BCUT2D eigenvalue weighted by Crippen LogP contribution is -2.30. The number of aldehydes is 1. The second kappa shape index (κ2) is 8.67. The van der Waals surface area contributed by atoms with Gasteiger partial charge in [-0.05, 0) is 55.5 Å². The van der Waals surface area contributed by atoms with E-state index in [1.165, 1.54) is 0 Å². The maximum absolute atomic E-state index is 12.3. The minimum atomic E-state index is -0.716. The maximum Gasteiger partial charge on any atom is 0.265 e. The number of hydrogen-bond donors (Lipinski definition) is 1. The van der Waals surface area contributed by atoms with E-state index in [9.17, 15) is 9.59 Å². The molecule has 0 unspecified atom stereocenters. The minimum absolute atomic E-state index is 0.289. The number of carbonyl (C=O) groups is 2. The van der Waals surface area contributed by atoms with Crippen LogP contribution in [0.25, 0.3) is 0 Å². The van der Waals surface area contributed by atoms with Crippen molar-refractivity contribution >= 4 is 17.9 Å². The number of amides is 1. The van der Waals surface area contributed by atoms with E-state index >= 15 is 0 Å². The van der Waals surface area contributed by atoms with Crippen LogP contribution in [0.3, 0.4) is 0 Å². The Hall–Kier alpha value is -3.60. The molecule has 0 radical (unpaired) electrons. The molecule has 1 amide bonds. The van der Waals surface area contributed by atoms with Gasteiger partial charge in [-0.25, -0.2) is 0 Å². The van der Waals surface area contributed by atoms with Crippen LogP contribution in [0.15, 0.2) is 78.9 Å². The van der Waals surface area contributed by atoms with Crippen molar-refractivity contribution in [2.24, 2.45) is 0 Å². The van der Waals surface area contributed by atoms with E-state index < -0.39 is 6.10 Å². The van der Waals surface area contributed by atoms with E-state index in [-0.39, 0.29) is 5.91 Å². The van der Waals surface area contributed by atoms with Crippen molar-refractivity contribution in [2.75, 3.05) is 5.32 Å². The molecule has 5 heteroatoms. The summed E-state index contributed by atoms with van der Waals surface area (Å²) in [6.45, 7) is 1.65. The molecule has 5 nitrogen and oxygen atoms in total. The fourth-order valence-corrected chi connectivity index (χ4v) is 2.39. The third-order valence-corrected chi connectivity index (χ3v) is 3.78. The number of anilines is 1. The normalized spacial score (nSPS) is 11.3. The molecule has 0 bridgehead atoms. The second-order valence-electron chi connectivity index (χ2n) is 5.88. The number of para-hydroxylation sites is 1. The number of nitrogens with one attached hydrogen (secondary N) is 1. The van der Waals surface area contributed by atoms with Gasteiger partial charge in [0.15, 0.2) is 6.10 Å². The molecule has 1 N–H and O–H groups in total. The molecule has 0 aliphatic carbocycles. The van der Waals surface area contributed by atoms with Gasteiger partial charge in [0.2, 0.25) is 0 Å². The Balaban J connectivity index is 1.57. The van der Waals surface area contributed by atoms with Crippen LogP contribution in [-0.4, -0.2) is 18.3 Å². The van der Waals surface area contributed by atoms with Gasteiger partial charge in [0.05, 0.1) is 0 Å². The monoisotopic (exact) mass is 361 g/mol. The van der Waals surface area contributed by atoms with Crippen molar-refractivity contribution in [1.29, 1.82) is 0 Å². The summed E-state index contributed by atoms with van der Waals surface area (Å²) < 4.78 is 11.3. The quantitative estimate of drug-likeness (QED) is 0.620. The van der Waals surface area contributed by atoms with Crippen molar-refractivity contribution in [1.82, 2.24) is 0 Å². The molecule has 3 aromatic carbocycles. The van der Waals surface area contributed by atoms with Gasteiger partial charge in [-0.2, -0.15) is 0 Å². The van der Waals surface area contributed by atoms with E-state index in [4.69, 9.17) is 9.47 Å². The van der Waals surface area contributed by atoms with Gasteiger partial charge >= 0.3 is 0 Å². The predicted octanol–water partition coefficient (Wildman–Crippen LogP) is 4.70. The molecular formula is C22H19NO4. The highest BCUT2D eigenvalue weighted by Gasteiger charge is 2.15. The molecule has 0 fully saturated rings. The average Bonchev–Trinajstić information content (AvgIpc) is 2.70. The molecule has 1 atom stereocenters. The first-order valence-electron chi connectivity index (χ1n) is 8.50. The smallest absolute Gasteiger partial charge is 0.265 e. The van der Waals surface area contributed by atoms with E-state index in [1.54, 1.807) is 55.5 Å². The van der Waals surface area contributed by atoms with Crippen LogP contribution in [0, 0.1) is 0 Å². The van der Waals surface area contributed by atoms with Crippen LogP contribution in [-0.2, 0) is 4.79 Å². The predicted molar refractivity (Wildman–Crippen MR) is 104 cm³/mol. The zero-order valence-corrected chi connectivity index (χ0v) is 14.8. The first kappa shape index (κ1) is 18.2. The third-order valence-electron chi connectivity index (χ3n) is 3.78. The summed E-state index contributed by atoms with van der Waals surface area (Å²) in [5.41, 5.74) is 1.13. The molecule has 0 heterocycles. The van der Waals surface area contributed by atoms with Crippen LogP contribution < -0.4 is 14.8 Å². The maximum atomic E-state index is 12.3. The molecule has 0 aliphatic heterocycles. The number of hydrogen-bond acceptors (Lipinski definition) is 4. The Labute approximate surface area is 157 Å². The summed E-state index contributed by atoms with van der Waals surface area (Å²) in [7, 11) is 0. The Kier molecular flexibility index (Phi) is 5.84. The van der Waals surface area contributed by atoms with E-state index in [0.29, 0.717) is 22.7 Å². The fourth-order valence-electron chi connectivity index (χ4n) is 2.39. The van der Waals surface area contributed by atoms with E-state index in [2.05, 4.69) is 5.32 Å². The first-order chi connectivity index (χ1) is 13.1. The molecule has 0 spiro atoms. The Morgan fingerprint density at radius 3 is 2.26 bits per heavy atom. The van der Waals surface area contributed by atoms with Gasteiger partial charge in [0, 0.05) is 11.3 Å². The highest BCUT2D eigenvalue weighted by molar-refractivity contribution is 5.94. The zero-order valence-electron chi connectivity index (χ0n) is 14.8. The summed E-state index contributed by atoms with van der Waals surface area (Å²) in [4.78, 5) is 23.1. The molecule has 0 saturated heterocycles. The lowest BCUT2D eigenvalue weighted by molar-refractivity contribution is -0.122. The molecule has 0 saturated carbocycles. The number of rotatable bonds is 7. The Morgan fingerprint density at radius 2 is 1.56 bits per heavy atom. The topological polar surface area (TPSA) is 64.6 Å². The van der Waals surface area contributed by atoms with E-state index in [0.717, 1.165) is 12.0 Å². The minimum Gasteiger partial charge on any atom is -0.481 e. The molecule has 0 aromatic heterocycles. The first-order valence-corrected chi connectivity index (χ1v) is 8.50. The van der Waals surface area contributed by atoms with Gasteiger partial charge in [-0.1, -0.05) is 30.3 Å². The molecule has 3 aromatic rings. The fraction of sp³-hybridized carbons (Fsp3) is 0.0909. The van der Waals surface area contributed by atoms with Crippen LogP contribution in [0.2, 0.25) is 0 Å². The molecule has 0 aliphatic rings. The van der Waals surface area contributed by atoms with Gasteiger partial charge in [-0.3, -0.25) is 9.59 Å². The lowest BCUT2D eigenvalue weighted by atomic mass is 10.2. The number of ether oxygens (including phenoxy) is 2. The number of benzene rings is 3. The highest BCUT2D eigenvalue weighted by Crippen LogP contribution is 2.23. The van der Waals surface area contributed by atoms with Crippen molar-refractivity contribution in [3.05, 3.63) is 84.4 Å². The average molecular weight is 361 g/mol. The van der Waals surface area contributed by atoms with Crippen LogP contribution in [0.5, 0.6) is 17.2 Å². The largest absolute Gasteiger partial charge is 0.481 e. The van der Waals surface area contributed by atoms with Gasteiger partial charge in [-0.15, -0.1) is 0 Å². The van der Waals surface area contributed by atoms with Crippen molar-refractivity contribution in [3.63, 3.8) is 0 Å². The van der Waals surface area contributed by atoms with Crippen molar-refractivity contribution in [3.8, 4) is 17.2 Å². The Bertz CT molecular complexity index is 907. The van der Waals surface area contributed by atoms with Gasteiger partial charge < -0.3 is 14.8 Å². The standard InChI is InChI=1S/C22H19NO4/c1-16(26-21-9-5-6-17(14-21)15-24)22(25)23-18-10-12-20(13-11-18)27-19-7-3-2-4-8-19/h2-16H,1H3,(H,23,25)/t16-/m0/s1. The lowest BCUT2D eigenvalue weighted by Gasteiger charge is -2.15. The molecule has 27 heavy (non-hydrogen) atoms. The summed E-state index contributed by atoms with van der Waals surface area (Å²) in [6, 6.07) is 23.2. The van der Waals surface area contributed by atoms with Gasteiger partial charge in [0.25, 0.3) is 5.91 Å². The Morgan fingerprint density at radius 1 is 0.889 bits per heavy atom. The molecule has 136 valence electrons. The van der Waals surface area contributed by atoms with Crippen LogP contribution in [0.4, 0.5) is 5.69 Å². The molecule has 3 rings (SSSR count). The second-order valence-corrected chi connectivity index (χ2v) is 5.88. The van der Waals surface area contributed by atoms with Crippen LogP contribution >= 0.6 is 0 Å². The van der Waals surface area contributed by atoms with Crippen molar-refractivity contribution < 1.29 is 19.1 Å². The summed E-state index contributed by atoms with van der Waals surface area (Å²) >= 11 is 0. The highest BCUT2D eigenvalue weighted by atomic mass is 16.5. The third kappa shape index (κ3) is 5.19. The molecular weight excluding hydrogens is 342 g/mol. The van der Waals surface area contributed by atoms with Gasteiger partial charge in [0.1, 0.15) is 23.5 Å². The van der Waals surface area contributed by atoms with Crippen molar-refractivity contribution in [2.45, 2.75) is 13.0 Å². The van der Waals surface area contributed by atoms with E-state index in [1.807, 2.05) is 30.3 Å². The number of carbonyl (C=O) groups excluding carboxylic acids is 2. The summed E-state index contributed by atoms with van der Waals surface area (Å²) in [6.07, 6.45) is 0.0172. The zero-order chi connectivity index (χ0) is 19.1. The summed E-state index contributed by atoms with van der Waals surface area (Å²) in [5, 5.41) is 2.79.